The number of hydrogen-bond donors (Lipinski definition) is 1. The van der Waals surface area contributed by atoms with Gasteiger partial charge in [-0.1, -0.05) is 30.1 Å². The molecular formula is C21H18Cl2N2NaO8S2+. The summed E-state index contributed by atoms with van der Waals surface area (Å²) in [6, 6.07) is 9.19. The number of aromatic nitrogens is 1. The quantitative estimate of drug-likeness (QED) is 0.244. The fourth-order valence-electron chi connectivity index (χ4n) is 3.51. The van der Waals surface area contributed by atoms with Crippen LogP contribution in [0.2, 0.25) is 10.0 Å². The average molecular weight is 584 g/mol. The van der Waals surface area contributed by atoms with E-state index < -0.39 is 32.0 Å². The first kappa shape index (κ1) is 29.0. The predicted molar refractivity (Wildman–Crippen MR) is 128 cm³/mol. The number of oxazole rings is 1. The van der Waals surface area contributed by atoms with Gasteiger partial charge in [0.05, 0.1) is 11.8 Å². The Morgan fingerprint density at radius 3 is 2.44 bits per heavy atom. The van der Waals surface area contributed by atoms with Gasteiger partial charge in [-0.05, 0) is 42.3 Å². The zero-order chi connectivity index (χ0) is 25.5. The summed E-state index contributed by atoms with van der Waals surface area (Å²) in [5.41, 5.74) is 1.47. The normalized spacial score (nSPS) is 15.2. The molecule has 2 heterocycles. The zero-order valence-electron chi connectivity index (χ0n) is 19.0. The van der Waals surface area contributed by atoms with Gasteiger partial charge in [0.2, 0.25) is 17.3 Å². The number of rotatable bonds is 7. The molecule has 1 aromatic heterocycles. The Labute approximate surface area is 239 Å². The van der Waals surface area contributed by atoms with Crippen LogP contribution in [0.5, 0.6) is 5.75 Å². The average Bonchev–Trinajstić information content (AvgIpc) is 3.23. The van der Waals surface area contributed by atoms with E-state index in [-0.39, 0.29) is 41.3 Å². The first-order valence-electron chi connectivity index (χ1n) is 10.0. The molecule has 10 nitrogen and oxygen atoms in total. The summed E-state index contributed by atoms with van der Waals surface area (Å²) in [6.45, 7) is 1.79. The fourth-order valence-corrected chi connectivity index (χ4v) is 5.02. The maximum atomic E-state index is 11.6. The molecule has 0 aliphatic carbocycles. The SMILES string of the molecule is CCC(=C/c1oc2ccc(Cl)cc2[n+]1CS(=O)(=O)[O-])/C=C1/Oc2ccc(Cl)cc2N1CS(=O)(=O)O.[Na+]. The van der Waals surface area contributed by atoms with Crippen LogP contribution in [0.25, 0.3) is 17.2 Å². The molecule has 0 bridgehead atoms. The Morgan fingerprint density at radius 1 is 1.14 bits per heavy atom. The molecule has 0 spiro atoms. The Balaban J connectivity index is 0.00000361. The summed E-state index contributed by atoms with van der Waals surface area (Å²) < 4.78 is 80.1. The van der Waals surface area contributed by atoms with Crippen LogP contribution >= 0.6 is 23.2 Å². The summed E-state index contributed by atoms with van der Waals surface area (Å²) in [5, 5.41) is 0.654. The van der Waals surface area contributed by atoms with E-state index in [9.17, 15) is 25.9 Å². The van der Waals surface area contributed by atoms with Crippen molar-refractivity contribution >= 4 is 66.3 Å². The van der Waals surface area contributed by atoms with Crippen molar-refractivity contribution in [3.63, 3.8) is 0 Å². The summed E-state index contributed by atoms with van der Waals surface area (Å²) >= 11 is 12.1. The van der Waals surface area contributed by atoms with Gasteiger partial charge in [-0.2, -0.15) is 8.42 Å². The van der Waals surface area contributed by atoms with Gasteiger partial charge in [0, 0.05) is 22.2 Å². The molecule has 186 valence electrons. The van der Waals surface area contributed by atoms with E-state index in [2.05, 4.69) is 0 Å². The van der Waals surface area contributed by atoms with Crippen molar-refractivity contribution in [3.8, 4) is 5.75 Å². The van der Waals surface area contributed by atoms with Crippen LogP contribution in [0.3, 0.4) is 0 Å². The first-order chi connectivity index (χ1) is 16.3. The minimum Gasteiger partial charge on any atom is -0.743 e. The van der Waals surface area contributed by atoms with Gasteiger partial charge in [0.15, 0.2) is 21.7 Å². The molecule has 0 radical (unpaired) electrons. The first-order valence-corrected chi connectivity index (χ1v) is 13.9. The molecule has 0 unspecified atom stereocenters. The largest absolute Gasteiger partial charge is 1.00 e. The van der Waals surface area contributed by atoms with E-state index in [0.29, 0.717) is 44.6 Å². The number of allylic oxidation sites excluding steroid dienone is 2. The molecule has 3 aromatic rings. The number of ether oxygens (including phenoxy) is 1. The number of fused-ring (bicyclic) bond motifs is 2. The molecule has 1 N–H and O–H groups in total. The van der Waals surface area contributed by atoms with E-state index >= 15 is 0 Å². The molecule has 0 atom stereocenters. The molecule has 4 rings (SSSR count). The monoisotopic (exact) mass is 583 g/mol. The number of halogens is 2. The molecular weight excluding hydrogens is 566 g/mol. The molecule has 36 heavy (non-hydrogen) atoms. The van der Waals surface area contributed by atoms with Crippen molar-refractivity contribution in [1.29, 1.82) is 0 Å². The van der Waals surface area contributed by atoms with Crippen molar-refractivity contribution in [2.45, 2.75) is 19.2 Å². The van der Waals surface area contributed by atoms with E-state index in [1.807, 2.05) is 0 Å². The van der Waals surface area contributed by atoms with Crippen molar-refractivity contribution < 1.29 is 69.2 Å². The van der Waals surface area contributed by atoms with E-state index in [1.165, 1.54) is 33.8 Å². The van der Waals surface area contributed by atoms with E-state index in [0.717, 1.165) is 0 Å². The minimum atomic E-state index is -4.68. The molecule has 0 saturated heterocycles. The maximum absolute atomic E-state index is 11.6. The number of benzene rings is 2. The van der Waals surface area contributed by atoms with Crippen LogP contribution in [0.4, 0.5) is 5.69 Å². The Hall–Kier alpha value is -1.61. The van der Waals surface area contributed by atoms with Gasteiger partial charge >= 0.3 is 35.4 Å². The van der Waals surface area contributed by atoms with Crippen molar-refractivity contribution in [3.05, 3.63) is 69.9 Å². The van der Waals surface area contributed by atoms with Crippen molar-refractivity contribution in [1.82, 2.24) is 0 Å². The third kappa shape index (κ3) is 6.82. The molecule has 0 fully saturated rings. The third-order valence-electron chi connectivity index (χ3n) is 4.99. The second kappa shape index (κ2) is 11.0. The van der Waals surface area contributed by atoms with Crippen molar-refractivity contribution in [2.24, 2.45) is 0 Å². The number of nitrogens with zero attached hydrogens (tertiary/aromatic N) is 2. The smallest absolute Gasteiger partial charge is 0.743 e. The summed E-state index contributed by atoms with van der Waals surface area (Å²) in [4.78, 5) is 1.23. The Kier molecular flexibility index (Phi) is 8.86. The van der Waals surface area contributed by atoms with Gasteiger partial charge in [-0.15, -0.1) is 4.57 Å². The van der Waals surface area contributed by atoms with Crippen LogP contribution in [-0.2, 0) is 26.1 Å². The van der Waals surface area contributed by atoms with Crippen LogP contribution in [0.15, 0.2) is 58.3 Å². The zero-order valence-corrected chi connectivity index (χ0v) is 24.2. The van der Waals surface area contributed by atoms with Gasteiger partial charge in [0.25, 0.3) is 15.6 Å². The Bertz CT molecular complexity index is 1600. The fraction of sp³-hybridized carbons (Fsp3) is 0.190. The van der Waals surface area contributed by atoms with Gasteiger partial charge in [-0.25, -0.2) is 8.42 Å². The molecule has 1 aliphatic heterocycles. The van der Waals surface area contributed by atoms with Crippen molar-refractivity contribution in [2.75, 3.05) is 10.8 Å². The summed E-state index contributed by atoms with van der Waals surface area (Å²) in [5.74, 6) is -1.23. The maximum Gasteiger partial charge on any atom is 1.00 e. The number of hydrogen-bond acceptors (Lipinski definition) is 8. The summed E-state index contributed by atoms with van der Waals surface area (Å²) in [6.07, 6.45) is 3.39. The van der Waals surface area contributed by atoms with Crippen LogP contribution < -0.4 is 43.8 Å². The second-order valence-corrected chi connectivity index (χ2v) is 11.2. The molecule has 2 aromatic carbocycles. The third-order valence-corrected chi connectivity index (χ3v) is 6.62. The standard InChI is InChI=1S/C21H18Cl2N2O8S2.Na/c1-2-13(7-20-24(11-34(26,27)28)16-9-14(22)3-5-18(16)32-20)8-21-25(12-35(29,30)31)17-10-15(23)4-6-19(17)33-21;/h3-10H,2,11-12H2,1H3,(H-,26,27,28,29,30,31);/q;+1. The van der Waals surface area contributed by atoms with E-state index in [1.54, 1.807) is 31.2 Å². The molecule has 0 saturated carbocycles. The van der Waals surface area contributed by atoms with E-state index in [4.69, 9.17) is 32.4 Å². The molecule has 1 aliphatic rings. The van der Waals surface area contributed by atoms with Gasteiger partial charge in [-0.3, -0.25) is 9.45 Å². The second-order valence-electron chi connectivity index (χ2n) is 7.58. The topological polar surface area (TPSA) is 141 Å². The predicted octanol–water partition coefficient (Wildman–Crippen LogP) is 0.913. The Morgan fingerprint density at radius 2 is 1.81 bits per heavy atom. The van der Waals surface area contributed by atoms with Gasteiger partial charge in [0.1, 0.15) is 0 Å². The van der Waals surface area contributed by atoms with Crippen LogP contribution in [0, 0.1) is 0 Å². The molecule has 15 heteroatoms. The minimum absolute atomic E-state index is 0. The van der Waals surface area contributed by atoms with Crippen LogP contribution in [-0.4, -0.2) is 31.8 Å². The summed E-state index contributed by atoms with van der Waals surface area (Å²) in [7, 11) is -9.12. The van der Waals surface area contributed by atoms with Crippen LogP contribution in [0.1, 0.15) is 19.2 Å². The molecule has 0 amide bonds. The van der Waals surface area contributed by atoms with Gasteiger partial charge < -0.3 is 13.7 Å². The number of anilines is 1.